The summed E-state index contributed by atoms with van der Waals surface area (Å²) in [7, 11) is 0. The molecule has 2 aromatic carbocycles. The number of nitrogens with one attached hydrogen (secondary N) is 1. The van der Waals surface area contributed by atoms with Crippen LogP contribution in [0.25, 0.3) is 10.6 Å². The quantitative estimate of drug-likeness (QED) is 0.442. The van der Waals surface area contributed by atoms with Gasteiger partial charge < -0.3 is 10.2 Å². The molecule has 4 aromatic rings. The molecule has 2 aromatic heterocycles. The number of thiophene rings is 1. The number of benzene rings is 2. The van der Waals surface area contributed by atoms with Gasteiger partial charge in [0, 0.05) is 34.4 Å². The third-order valence-corrected chi connectivity index (χ3v) is 7.18. The van der Waals surface area contributed by atoms with Crippen molar-refractivity contribution in [2.75, 3.05) is 16.8 Å². The molecular formula is C24H19N3O2S2. The van der Waals surface area contributed by atoms with E-state index in [-0.39, 0.29) is 11.8 Å². The van der Waals surface area contributed by atoms with Gasteiger partial charge >= 0.3 is 0 Å². The third-order valence-electron chi connectivity index (χ3n) is 5.29. The maximum Gasteiger partial charge on any atom is 0.267 e. The van der Waals surface area contributed by atoms with E-state index in [0.29, 0.717) is 28.4 Å². The van der Waals surface area contributed by atoms with Crippen molar-refractivity contribution in [3.8, 4) is 10.6 Å². The predicted octanol–water partition coefficient (Wildman–Crippen LogP) is 5.64. The van der Waals surface area contributed by atoms with Crippen LogP contribution in [0.2, 0.25) is 0 Å². The number of hydrogen-bond acceptors (Lipinski definition) is 5. The van der Waals surface area contributed by atoms with E-state index < -0.39 is 0 Å². The summed E-state index contributed by atoms with van der Waals surface area (Å²) < 4.78 is 0. The summed E-state index contributed by atoms with van der Waals surface area (Å²) in [4.78, 5) is 32.7. The molecule has 0 spiro atoms. The molecule has 1 aliphatic rings. The number of carbonyl (C=O) groups excluding carboxylic acids is 2. The monoisotopic (exact) mass is 445 g/mol. The zero-order valence-electron chi connectivity index (χ0n) is 16.8. The number of rotatable bonds is 4. The van der Waals surface area contributed by atoms with E-state index in [4.69, 9.17) is 0 Å². The molecule has 5 rings (SSSR count). The number of aryl methyl sites for hydroxylation is 1. The lowest BCUT2D eigenvalue weighted by Crippen LogP contribution is -2.28. The molecule has 3 heterocycles. The molecule has 2 amide bonds. The summed E-state index contributed by atoms with van der Waals surface area (Å²) >= 11 is 2.99. The number of anilines is 2. The van der Waals surface area contributed by atoms with Gasteiger partial charge in [-0.05, 0) is 60.7 Å². The number of hydrogen-bond donors (Lipinski definition) is 1. The predicted molar refractivity (Wildman–Crippen MR) is 126 cm³/mol. The lowest BCUT2D eigenvalue weighted by Gasteiger charge is -2.17. The van der Waals surface area contributed by atoms with Crippen LogP contribution in [0.1, 0.15) is 31.3 Å². The summed E-state index contributed by atoms with van der Waals surface area (Å²) in [6.07, 6.45) is 0.873. The van der Waals surface area contributed by atoms with Gasteiger partial charge in [0.25, 0.3) is 11.8 Å². The van der Waals surface area contributed by atoms with Crippen molar-refractivity contribution in [2.45, 2.75) is 13.3 Å². The first kappa shape index (κ1) is 19.7. The molecular weight excluding hydrogens is 426 g/mol. The molecule has 0 radical (unpaired) electrons. The van der Waals surface area contributed by atoms with Crippen LogP contribution in [-0.4, -0.2) is 23.3 Å². The molecule has 0 fully saturated rings. The van der Waals surface area contributed by atoms with Gasteiger partial charge in [-0.25, -0.2) is 4.98 Å². The molecule has 1 aliphatic heterocycles. The summed E-state index contributed by atoms with van der Waals surface area (Å²) in [6, 6.07) is 17.0. The first-order valence-electron chi connectivity index (χ1n) is 9.91. The van der Waals surface area contributed by atoms with Crippen molar-refractivity contribution in [1.29, 1.82) is 0 Å². The van der Waals surface area contributed by atoms with Crippen LogP contribution in [-0.2, 0) is 6.42 Å². The van der Waals surface area contributed by atoms with Crippen LogP contribution in [0.3, 0.4) is 0 Å². The average molecular weight is 446 g/mol. The molecule has 0 bridgehead atoms. The molecule has 0 aliphatic carbocycles. The number of aromatic nitrogens is 1. The van der Waals surface area contributed by atoms with Gasteiger partial charge in [0.05, 0.1) is 5.69 Å². The van der Waals surface area contributed by atoms with Crippen molar-refractivity contribution in [2.24, 2.45) is 0 Å². The van der Waals surface area contributed by atoms with Crippen molar-refractivity contribution in [3.63, 3.8) is 0 Å². The van der Waals surface area contributed by atoms with Gasteiger partial charge in [-0.2, -0.15) is 11.3 Å². The maximum atomic E-state index is 13.0. The fourth-order valence-electron chi connectivity index (χ4n) is 3.71. The lowest BCUT2D eigenvalue weighted by atomic mass is 10.1. The Labute approximate surface area is 188 Å². The molecule has 0 saturated heterocycles. The van der Waals surface area contributed by atoms with Gasteiger partial charge in [0.15, 0.2) is 0 Å². The zero-order valence-corrected chi connectivity index (χ0v) is 18.4. The summed E-state index contributed by atoms with van der Waals surface area (Å²) in [5, 5.41) is 7.78. The molecule has 7 heteroatoms. The van der Waals surface area contributed by atoms with Crippen molar-refractivity contribution in [3.05, 3.63) is 87.1 Å². The van der Waals surface area contributed by atoms with E-state index in [9.17, 15) is 9.59 Å². The average Bonchev–Trinajstić information content (AvgIpc) is 3.53. The number of carbonyl (C=O) groups is 2. The van der Waals surface area contributed by atoms with Crippen molar-refractivity contribution in [1.82, 2.24) is 4.98 Å². The molecule has 0 unspecified atom stereocenters. The third kappa shape index (κ3) is 3.78. The molecule has 154 valence electrons. The van der Waals surface area contributed by atoms with Gasteiger partial charge in [0.1, 0.15) is 9.88 Å². The SMILES string of the molecule is Cc1nc(-c2ccsc2)sc1C(=O)Nc1ccc(C(=O)N2CCc3ccccc32)cc1. The number of fused-ring (bicyclic) bond motifs is 1. The van der Waals surface area contributed by atoms with E-state index >= 15 is 0 Å². The lowest BCUT2D eigenvalue weighted by molar-refractivity contribution is 0.0988. The normalized spacial score (nSPS) is 12.6. The van der Waals surface area contributed by atoms with E-state index in [1.165, 1.54) is 16.9 Å². The smallest absolute Gasteiger partial charge is 0.267 e. The Morgan fingerprint density at radius 1 is 1.06 bits per heavy atom. The molecule has 5 nitrogen and oxygen atoms in total. The Morgan fingerprint density at radius 3 is 2.65 bits per heavy atom. The number of amides is 2. The van der Waals surface area contributed by atoms with Crippen LogP contribution in [0, 0.1) is 6.92 Å². The Hall–Kier alpha value is -3.29. The first-order chi connectivity index (χ1) is 15.1. The minimum absolute atomic E-state index is 0.0264. The van der Waals surface area contributed by atoms with E-state index in [1.54, 1.807) is 35.6 Å². The van der Waals surface area contributed by atoms with Gasteiger partial charge in [0.2, 0.25) is 0 Å². The minimum Gasteiger partial charge on any atom is -0.321 e. The van der Waals surface area contributed by atoms with E-state index in [2.05, 4.69) is 16.4 Å². The van der Waals surface area contributed by atoms with Crippen LogP contribution >= 0.6 is 22.7 Å². The largest absolute Gasteiger partial charge is 0.321 e. The second-order valence-corrected chi connectivity index (χ2v) is 9.09. The highest BCUT2D eigenvalue weighted by Gasteiger charge is 2.25. The van der Waals surface area contributed by atoms with Crippen LogP contribution in [0.5, 0.6) is 0 Å². The second-order valence-electron chi connectivity index (χ2n) is 7.31. The molecule has 1 N–H and O–H groups in total. The van der Waals surface area contributed by atoms with Crippen LogP contribution in [0.15, 0.2) is 65.4 Å². The minimum atomic E-state index is -0.191. The first-order valence-corrected chi connectivity index (χ1v) is 11.7. The van der Waals surface area contributed by atoms with Gasteiger partial charge in [-0.3, -0.25) is 9.59 Å². The van der Waals surface area contributed by atoms with Crippen molar-refractivity contribution >= 4 is 45.9 Å². The Morgan fingerprint density at radius 2 is 1.87 bits per heavy atom. The summed E-state index contributed by atoms with van der Waals surface area (Å²) in [5.41, 5.74) is 5.16. The maximum absolute atomic E-state index is 13.0. The second kappa shape index (κ2) is 8.09. The number of nitrogens with zero attached hydrogens (tertiary/aromatic N) is 2. The Kier molecular flexibility index (Phi) is 5.13. The Balaban J connectivity index is 1.30. The summed E-state index contributed by atoms with van der Waals surface area (Å²) in [5.74, 6) is -0.217. The fraction of sp³-hybridized carbons (Fsp3) is 0.125. The zero-order chi connectivity index (χ0) is 21.4. The van der Waals surface area contributed by atoms with E-state index in [1.807, 2.05) is 46.8 Å². The molecule has 0 saturated carbocycles. The van der Waals surface area contributed by atoms with Gasteiger partial charge in [-0.15, -0.1) is 11.3 Å². The molecule has 0 atom stereocenters. The van der Waals surface area contributed by atoms with Crippen LogP contribution < -0.4 is 10.2 Å². The standard InChI is InChI=1S/C24H19N3O2S2/c1-15-21(31-23(25-15)18-11-13-30-14-18)22(28)26-19-8-6-17(7-9-19)24(29)27-12-10-16-4-2-3-5-20(16)27/h2-9,11,13-14H,10,12H2,1H3,(H,26,28). The topological polar surface area (TPSA) is 62.3 Å². The van der Waals surface area contributed by atoms with Gasteiger partial charge in [-0.1, -0.05) is 18.2 Å². The number of para-hydroxylation sites is 1. The molecule has 31 heavy (non-hydrogen) atoms. The van der Waals surface area contributed by atoms with E-state index in [0.717, 1.165) is 22.7 Å². The Bertz CT molecular complexity index is 1260. The summed E-state index contributed by atoms with van der Waals surface area (Å²) in [6.45, 7) is 2.53. The highest BCUT2D eigenvalue weighted by molar-refractivity contribution is 7.17. The van der Waals surface area contributed by atoms with Crippen LogP contribution in [0.4, 0.5) is 11.4 Å². The highest BCUT2D eigenvalue weighted by atomic mass is 32.1. The highest BCUT2D eigenvalue weighted by Crippen LogP contribution is 2.31. The number of thiazole rings is 1. The van der Waals surface area contributed by atoms with Crippen molar-refractivity contribution < 1.29 is 9.59 Å². The fourth-order valence-corrected chi connectivity index (χ4v) is 5.38.